The molecule has 0 spiro atoms. The fourth-order valence-corrected chi connectivity index (χ4v) is 3.42. The minimum atomic E-state index is -4.64. The van der Waals surface area contributed by atoms with E-state index in [0.29, 0.717) is 28.3 Å². The van der Waals surface area contributed by atoms with Crippen LogP contribution in [0.4, 0.5) is 24.8 Å². The molecule has 3 aromatic heterocycles. The number of rotatable bonds is 6. The molecule has 4 heterocycles. The van der Waals surface area contributed by atoms with Crippen LogP contribution in [-0.4, -0.2) is 44.1 Å². The second kappa shape index (κ2) is 9.17. The van der Waals surface area contributed by atoms with Gasteiger partial charge < -0.3 is 19.5 Å². The van der Waals surface area contributed by atoms with Gasteiger partial charge in [-0.05, 0) is 31.2 Å². The van der Waals surface area contributed by atoms with Crippen molar-refractivity contribution in [2.75, 3.05) is 18.7 Å². The Bertz CT molecular complexity index is 1440. The maximum absolute atomic E-state index is 13.2. The fourth-order valence-electron chi connectivity index (χ4n) is 3.42. The molecule has 36 heavy (non-hydrogen) atoms. The van der Waals surface area contributed by atoms with Crippen LogP contribution in [0.25, 0.3) is 16.9 Å². The Kier molecular flexibility index (Phi) is 5.88. The van der Waals surface area contributed by atoms with E-state index >= 15 is 0 Å². The summed E-state index contributed by atoms with van der Waals surface area (Å²) in [6, 6.07) is 7.43. The smallest absolute Gasteiger partial charge is 0.435 e. The molecule has 5 rings (SSSR count). The number of anilines is 2. The number of alkyl halides is 3. The molecule has 0 bridgehead atoms. The third-order valence-corrected chi connectivity index (χ3v) is 5.05. The van der Waals surface area contributed by atoms with Crippen molar-refractivity contribution < 1.29 is 32.2 Å². The van der Waals surface area contributed by atoms with Crippen LogP contribution in [0.3, 0.4) is 0 Å². The lowest BCUT2D eigenvalue weighted by molar-refractivity contribution is -0.141. The van der Waals surface area contributed by atoms with E-state index in [9.17, 15) is 18.0 Å². The van der Waals surface area contributed by atoms with Crippen LogP contribution in [0, 0.1) is 0 Å². The average Bonchev–Trinajstić information content (AvgIpc) is 3.54. The number of nitrogens with one attached hydrogen (secondary N) is 1. The van der Waals surface area contributed by atoms with Gasteiger partial charge in [-0.25, -0.2) is 14.5 Å². The highest BCUT2D eigenvalue weighted by molar-refractivity contribution is 5.90. The van der Waals surface area contributed by atoms with Crippen molar-refractivity contribution in [2.24, 2.45) is 0 Å². The highest BCUT2D eigenvalue weighted by atomic mass is 19.4. The first-order chi connectivity index (χ1) is 17.3. The summed E-state index contributed by atoms with van der Waals surface area (Å²) >= 11 is 0. The van der Waals surface area contributed by atoms with Crippen LogP contribution in [0.5, 0.6) is 11.5 Å². The maximum Gasteiger partial charge on any atom is 0.435 e. The monoisotopic (exact) mass is 498 g/mol. The van der Waals surface area contributed by atoms with Gasteiger partial charge in [0.05, 0.1) is 12.2 Å². The van der Waals surface area contributed by atoms with Crippen LogP contribution in [0.15, 0.2) is 55.1 Å². The first kappa shape index (κ1) is 23.1. The van der Waals surface area contributed by atoms with E-state index in [0.717, 1.165) is 16.9 Å². The SMILES string of the molecule is CCOC(=O)c1cncc(-c2cnc(Nc3ccc4c(c3)OCO4)nc2-n2ccc(C(F)(F)F)n2)c1. The molecule has 0 fully saturated rings. The molecule has 13 heteroatoms. The lowest BCUT2D eigenvalue weighted by Crippen LogP contribution is -2.10. The predicted octanol–water partition coefficient (Wildman–Crippen LogP) is 4.39. The minimum absolute atomic E-state index is 0.0338. The Morgan fingerprint density at radius 3 is 2.75 bits per heavy atom. The summed E-state index contributed by atoms with van der Waals surface area (Å²) in [6.07, 6.45) is 0.662. The van der Waals surface area contributed by atoms with Crippen molar-refractivity contribution in [2.45, 2.75) is 13.1 Å². The summed E-state index contributed by atoms with van der Waals surface area (Å²) in [5.41, 5.74) is 0.325. The molecule has 1 aromatic carbocycles. The molecule has 0 saturated carbocycles. The molecule has 0 amide bonds. The van der Waals surface area contributed by atoms with Crippen molar-refractivity contribution in [3.8, 4) is 28.4 Å². The van der Waals surface area contributed by atoms with Gasteiger partial charge in [-0.1, -0.05) is 0 Å². The number of hydrogen-bond donors (Lipinski definition) is 1. The van der Waals surface area contributed by atoms with E-state index in [4.69, 9.17) is 14.2 Å². The van der Waals surface area contributed by atoms with Gasteiger partial charge in [0.2, 0.25) is 12.7 Å². The van der Waals surface area contributed by atoms with E-state index in [2.05, 4.69) is 25.4 Å². The lowest BCUT2D eigenvalue weighted by atomic mass is 10.1. The summed E-state index contributed by atoms with van der Waals surface area (Å²) in [6.45, 7) is 1.95. The summed E-state index contributed by atoms with van der Waals surface area (Å²) in [5, 5.41) is 6.64. The number of fused-ring (bicyclic) bond motifs is 1. The van der Waals surface area contributed by atoms with E-state index in [-0.39, 0.29) is 30.7 Å². The molecule has 1 aliphatic rings. The van der Waals surface area contributed by atoms with Gasteiger partial charge in [0.1, 0.15) is 0 Å². The molecule has 0 aliphatic carbocycles. The average molecular weight is 498 g/mol. The molecule has 0 unspecified atom stereocenters. The largest absolute Gasteiger partial charge is 0.462 e. The van der Waals surface area contributed by atoms with Crippen molar-refractivity contribution in [3.63, 3.8) is 0 Å². The lowest BCUT2D eigenvalue weighted by Gasteiger charge is -2.12. The number of esters is 1. The van der Waals surface area contributed by atoms with Gasteiger partial charge in [0, 0.05) is 47.7 Å². The summed E-state index contributed by atoms with van der Waals surface area (Å²) in [7, 11) is 0. The maximum atomic E-state index is 13.2. The molecule has 0 saturated heterocycles. The number of carbonyl (C=O) groups excluding carboxylic acids is 1. The summed E-state index contributed by atoms with van der Waals surface area (Å²) in [5.74, 6) is 0.648. The number of benzene rings is 1. The number of nitrogens with zero attached hydrogens (tertiary/aromatic N) is 5. The molecule has 0 atom stereocenters. The second-order valence-electron chi connectivity index (χ2n) is 7.45. The van der Waals surface area contributed by atoms with Crippen LogP contribution in [-0.2, 0) is 10.9 Å². The van der Waals surface area contributed by atoms with Gasteiger partial charge >= 0.3 is 12.1 Å². The normalized spacial score (nSPS) is 12.4. The van der Waals surface area contributed by atoms with Gasteiger partial charge in [0.25, 0.3) is 0 Å². The van der Waals surface area contributed by atoms with E-state index < -0.39 is 17.8 Å². The van der Waals surface area contributed by atoms with Gasteiger partial charge in [-0.15, -0.1) is 0 Å². The Morgan fingerprint density at radius 1 is 1.14 bits per heavy atom. The number of ether oxygens (including phenoxy) is 3. The van der Waals surface area contributed by atoms with Crippen molar-refractivity contribution in [3.05, 3.63) is 66.4 Å². The Balaban J connectivity index is 1.56. The van der Waals surface area contributed by atoms with E-state index in [1.165, 1.54) is 24.7 Å². The minimum Gasteiger partial charge on any atom is -0.462 e. The highest BCUT2D eigenvalue weighted by Gasteiger charge is 2.34. The van der Waals surface area contributed by atoms with E-state index in [1.54, 1.807) is 25.1 Å². The van der Waals surface area contributed by atoms with Crippen LogP contribution in [0.2, 0.25) is 0 Å². The molecule has 184 valence electrons. The Labute approximate surface area is 201 Å². The van der Waals surface area contributed by atoms with Gasteiger partial charge in [-0.2, -0.15) is 23.3 Å². The van der Waals surface area contributed by atoms with Crippen molar-refractivity contribution in [1.82, 2.24) is 24.7 Å². The predicted molar refractivity (Wildman–Crippen MR) is 119 cm³/mol. The summed E-state index contributed by atoms with van der Waals surface area (Å²) < 4.78 is 56.3. The van der Waals surface area contributed by atoms with Gasteiger partial charge in [-0.3, -0.25) is 4.98 Å². The second-order valence-corrected chi connectivity index (χ2v) is 7.45. The molecule has 10 nitrogen and oxygen atoms in total. The quantitative estimate of drug-likeness (QED) is 0.387. The topological polar surface area (TPSA) is 113 Å². The zero-order chi connectivity index (χ0) is 25.3. The molecule has 1 N–H and O–H groups in total. The Morgan fingerprint density at radius 2 is 1.97 bits per heavy atom. The molecular weight excluding hydrogens is 481 g/mol. The third kappa shape index (κ3) is 4.62. The first-order valence-corrected chi connectivity index (χ1v) is 10.6. The molecule has 0 radical (unpaired) electrons. The zero-order valence-corrected chi connectivity index (χ0v) is 18.6. The fraction of sp³-hybridized carbons (Fsp3) is 0.174. The standard InChI is InChI=1S/C23H17F3N6O4/c1-2-34-21(33)14-7-13(9-27-10-14)16-11-28-22(29-15-3-4-17-18(8-15)36-12-35-17)30-20(16)32-6-5-19(31-32)23(24,25)26/h3-11H,2,12H2,1H3,(H,28,29,30). The number of hydrogen-bond acceptors (Lipinski definition) is 9. The third-order valence-electron chi connectivity index (χ3n) is 5.05. The number of carbonyl (C=O) groups is 1. The van der Waals surface area contributed by atoms with Crippen LogP contribution in [0.1, 0.15) is 23.0 Å². The molecular formula is C23H17F3N6O4. The van der Waals surface area contributed by atoms with E-state index in [1.807, 2.05) is 0 Å². The number of aromatic nitrogens is 5. The van der Waals surface area contributed by atoms with Crippen LogP contribution < -0.4 is 14.8 Å². The zero-order valence-electron chi connectivity index (χ0n) is 18.6. The highest BCUT2D eigenvalue weighted by Crippen LogP contribution is 2.35. The van der Waals surface area contributed by atoms with Gasteiger partial charge in [0.15, 0.2) is 23.0 Å². The Hall–Kier alpha value is -4.68. The summed E-state index contributed by atoms with van der Waals surface area (Å²) in [4.78, 5) is 24.9. The van der Waals surface area contributed by atoms with Crippen molar-refractivity contribution >= 4 is 17.6 Å². The number of pyridine rings is 1. The first-order valence-electron chi connectivity index (χ1n) is 10.6. The van der Waals surface area contributed by atoms with Crippen LogP contribution >= 0.6 is 0 Å². The molecule has 4 aromatic rings. The molecule has 1 aliphatic heterocycles. The van der Waals surface area contributed by atoms with Crippen molar-refractivity contribution in [1.29, 1.82) is 0 Å². The number of halogens is 3.